The van der Waals surface area contributed by atoms with Gasteiger partial charge >= 0.3 is 0 Å². The number of aryl methyl sites for hydroxylation is 1. The highest BCUT2D eigenvalue weighted by Crippen LogP contribution is 2.42. The Morgan fingerprint density at radius 3 is 2.62 bits per heavy atom. The molecule has 1 aromatic rings. The van der Waals surface area contributed by atoms with Gasteiger partial charge in [0.2, 0.25) is 11.8 Å². The van der Waals surface area contributed by atoms with Crippen LogP contribution in [0.25, 0.3) is 0 Å². The first-order chi connectivity index (χ1) is 9.95. The van der Waals surface area contributed by atoms with Crippen molar-refractivity contribution in [2.24, 2.45) is 13.0 Å². The molecule has 8 nitrogen and oxygen atoms in total. The lowest BCUT2D eigenvalue weighted by Crippen LogP contribution is -2.69. The first kappa shape index (κ1) is 14.0. The Balaban J connectivity index is 1.89. The van der Waals surface area contributed by atoms with Gasteiger partial charge in [0.15, 0.2) is 5.82 Å². The van der Waals surface area contributed by atoms with Gasteiger partial charge in [0, 0.05) is 0 Å². The van der Waals surface area contributed by atoms with Gasteiger partial charge in [0.1, 0.15) is 11.6 Å². The van der Waals surface area contributed by atoms with Gasteiger partial charge in [-0.15, -0.1) is 10.2 Å². The highest BCUT2D eigenvalue weighted by molar-refractivity contribution is 6.00. The van der Waals surface area contributed by atoms with E-state index in [-0.39, 0.29) is 24.3 Å². The maximum absolute atomic E-state index is 12.9. The molecule has 1 N–H and O–H groups in total. The summed E-state index contributed by atoms with van der Waals surface area (Å²) < 4.78 is 0. The van der Waals surface area contributed by atoms with E-state index in [4.69, 9.17) is 0 Å². The van der Waals surface area contributed by atoms with Crippen molar-refractivity contribution in [1.82, 2.24) is 30.4 Å². The van der Waals surface area contributed by atoms with E-state index in [2.05, 4.69) is 20.7 Å². The molecule has 0 bridgehead atoms. The number of aromatic nitrogens is 4. The minimum Gasteiger partial charge on any atom is -0.340 e. The molecule has 2 atom stereocenters. The van der Waals surface area contributed by atoms with Crippen LogP contribution < -0.4 is 5.32 Å². The number of carbonyl (C=O) groups is 2. The zero-order chi connectivity index (χ0) is 15.2. The molecule has 0 aromatic carbocycles. The number of piperazine rings is 1. The van der Waals surface area contributed by atoms with Crippen molar-refractivity contribution in [2.75, 3.05) is 0 Å². The maximum Gasteiger partial charge on any atom is 0.249 e. The first-order valence-electron chi connectivity index (χ1n) is 7.31. The second-order valence-electron chi connectivity index (χ2n) is 6.02. The molecule has 0 radical (unpaired) electrons. The summed E-state index contributed by atoms with van der Waals surface area (Å²) in [5.41, 5.74) is -0.787. The third-order valence-electron chi connectivity index (χ3n) is 4.41. The summed E-state index contributed by atoms with van der Waals surface area (Å²) in [6.45, 7) is 3.95. The highest BCUT2D eigenvalue weighted by atomic mass is 16.2. The van der Waals surface area contributed by atoms with Crippen LogP contribution in [0.2, 0.25) is 0 Å². The van der Waals surface area contributed by atoms with Gasteiger partial charge in [-0.05, 0) is 37.3 Å². The van der Waals surface area contributed by atoms with Gasteiger partial charge in [0.25, 0.3) is 0 Å². The zero-order valence-electron chi connectivity index (χ0n) is 12.5. The van der Waals surface area contributed by atoms with Crippen LogP contribution in [-0.4, -0.2) is 48.5 Å². The van der Waals surface area contributed by atoms with E-state index in [0.29, 0.717) is 12.2 Å². The van der Waals surface area contributed by atoms with Gasteiger partial charge in [-0.25, -0.2) is 0 Å². The molecule has 1 aromatic heterocycles. The lowest BCUT2D eigenvalue weighted by Gasteiger charge is -2.44. The van der Waals surface area contributed by atoms with Gasteiger partial charge in [-0.1, -0.05) is 6.92 Å². The third kappa shape index (κ3) is 2.28. The summed E-state index contributed by atoms with van der Waals surface area (Å²) in [4.78, 5) is 28.2. The van der Waals surface area contributed by atoms with Crippen molar-refractivity contribution >= 4 is 11.8 Å². The molecule has 21 heavy (non-hydrogen) atoms. The zero-order valence-corrected chi connectivity index (χ0v) is 12.5. The van der Waals surface area contributed by atoms with E-state index >= 15 is 0 Å². The van der Waals surface area contributed by atoms with E-state index in [1.54, 1.807) is 11.9 Å². The Bertz CT molecular complexity index is 581. The van der Waals surface area contributed by atoms with E-state index in [0.717, 1.165) is 12.8 Å². The number of rotatable bonds is 4. The predicted molar refractivity (Wildman–Crippen MR) is 72.7 cm³/mol. The lowest BCUT2D eigenvalue weighted by atomic mass is 9.89. The average Bonchev–Trinajstić information content (AvgIpc) is 3.21. The molecule has 2 heterocycles. The maximum atomic E-state index is 12.9. The number of carbonyl (C=O) groups excluding carboxylic acids is 2. The molecule has 2 amide bonds. The lowest BCUT2D eigenvalue weighted by molar-refractivity contribution is -0.156. The summed E-state index contributed by atoms with van der Waals surface area (Å²) in [6.07, 6.45) is 2.53. The summed E-state index contributed by atoms with van der Waals surface area (Å²) in [6, 6.07) is -0.465. The smallest absolute Gasteiger partial charge is 0.249 e. The van der Waals surface area contributed by atoms with Gasteiger partial charge in [-0.2, -0.15) is 4.80 Å². The molecule has 0 spiro atoms. The number of amides is 2. The van der Waals surface area contributed by atoms with Crippen molar-refractivity contribution in [2.45, 2.75) is 51.2 Å². The summed E-state index contributed by atoms with van der Waals surface area (Å²) in [7, 11) is 1.67. The SMILES string of the molecule is CCC1C(=O)NC(C)(C2CC2)C(=O)N1Cc1nnn(C)n1. The Kier molecular flexibility index (Phi) is 3.18. The molecule has 8 heteroatoms. The predicted octanol–water partition coefficient (Wildman–Crippen LogP) is -0.384. The van der Waals surface area contributed by atoms with Crippen LogP contribution in [-0.2, 0) is 23.2 Å². The van der Waals surface area contributed by atoms with Crippen LogP contribution in [0.1, 0.15) is 38.9 Å². The Morgan fingerprint density at radius 2 is 2.10 bits per heavy atom. The molecule has 1 aliphatic carbocycles. The van der Waals surface area contributed by atoms with Gasteiger partial charge < -0.3 is 10.2 Å². The van der Waals surface area contributed by atoms with Crippen LogP contribution in [0.3, 0.4) is 0 Å². The Labute approximate surface area is 122 Å². The molecule has 1 saturated heterocycles. The monoisotopic (exact) mass is 292 g/mol. The van der Waals surface area contributed by atoms with Crippen LogP contribution in [0.5, 0.6) is 0 Å². The number of nitrogens with zero attached hydrogens (tertiary/aromatic N) is 5. The molecule has 1 aliphatic heterocycles. The second-order valence-corrected chi connectivity index (χ2v) is 6.02. The highest BCUT2D eigenvalue weighted by Gasteiger charge is 2.55. The molecular weight excluding hydrogens is 272 g/mol. The standard InChI is InChI=1S/C13H20N6O2/c1-4-9-11(20)14-13(2,8-5-6-8)12(21)19(9)7-10-15-17-18(3)16-10/h8-9H,4-7H2,1-3H3,(H,14,20). The Hall–Kier alpha value is -1.99. The summed E-state index contributed by atoms with van der Waals surface area (Å²) in [5, 5.41) is 14.7. The molecule has 3 rings (SSSR count). The normalized spacial score (nSPS) is 29.7. The summed E-state index contributed by atoms with van der Waals surface area (Å²) >= 11 is 0. The largest absolute Gasteiger partial charge is 0.340 e. The van der Waals surface area contributed by atoms with Crippen molar-refractivity contribution in [3.05, 3.63) is 5.82 Å². The minimum absolute atomic E-state index is 0.0381. The Morgan fingerprint density at radius 1 is 1.38 bits per heavy atom. The molecule has 1 saturated carbocycles. The minimum atomic E-state index is -0.787. The number of hydrogen-bond donors (Lipinski definition) is 1. The molecule has 2 aliphatic rings. The molecule has 2 fully saturated rings. The third-order valence-corrected chi connectivity index (χ3v) is 4.41. The van der Waals surface area contributed by atoms with Gasteiger partial charge in [-0.3, -0.25) is 9.59 Å². The topological polar surface area (TPSA) is 93.0 Å². The molecule has 2 unspecified atom stereocenters. The number of nitrogens with one attached hydrogen (secondary N) is 1. The van der Waals surface area contributed by atoms with Crippen molar-refractivity contribution in [1.29, 1.82) is 0 Å². The van der Waals surface area contributed by atoms with E-state index in [1.165, 1.54) is 4.80 Å². The number of tetrazole rings is 1. The number of hydrogen-bond acceptors (Lipinski definition) is 5. The van der Waals surface area contributed by atoms with Crippen LogP contribution >= 0.6 is 0 Å². The van der Waals surface area contributed by atoms with Crippen LogP contribution in [0.4, 0.5) is 0 Å². The fourth-order valence-electron chi connectivity index (χ4n) is 3.04. The fourth-order valence-corrected chi connectivity index (χ4v) is 3.04. The van der Waals surface area contributed by atoms with Crippen molar-refractivity contribution in [3.8, 4) is 0 Å². The van der Waals surface area contributed by atoms with E-state index in [9.17, 15) is 9.59 Å². The van der Waals surface area contributed by atoms with Crippen molar-refractivity contribution < 1.29 is 9.59 Å². The quantitative estimate of drug-likeness (QED) is 0.816. The molecular formula is C13H20N6O2. The van der Waals surface area contributed by atoms with Gasteiger partial charge in [0.05, 0.1) is 13.6 Å². The fraction of sp³-hybridized carbons (Fsp3) is 0.769. The van der Waals surface area contributed by atoms with Crippen LogP contribution in [0, 0.1) is 5.92 Å². The first-order valence-corrected chi connectivity index (χ1v) is 7.31. The summed E-state index contributed by atoms with van der Waals surface area (Å²) in [5.74, 6) is 0.570. The van der Waals surface area contributed by atoms with E-state index in [1.807, 2.05) is 13.8 Å². The average molecular weight is 292 g/mol. The second kappa shape index (κ2) is 4.78. The van der Waals surface area contributed by atoms with Crippen molar-refractivity contribution in [3.63, 3.8) is 0 Å². The van der Waals surface area contributed by atoms with E-state index < -0.39 is 11.6 Å². The molecule has 114 valence electrons. The van der Waals surface area contributed by atoms with Crippen LogP contribution in [0.15, 0.2) is 0 Å².